The third-order valence-electron chi connectivity index (χ3n) is 5.45. The monoisotopic (exact) mass is 365 g/mol. The van der Waals surface area contributed by atoms with E-state index in [1.807, 2.05) is 32.0 Å². The third kappa shape index (κ3) is 4.71. The molecule has 3 nitrogen and oxygen atoms in total. The second kappa shape index (κ2) is 8.60. The Bertz CT molecular complexity index is 797. The Labute approximate surface area is 163 Å². The second-order valence-electron chi connectivity index (χ2n) is 7.92. The zero-order chi connectivity index (χ0) is 19.4. The fourth-order valence-corrected chi connectivity index (χ4v) is 3.75. The molecule has 0 fully saturated rings. The Morgan fingerprint density at radius 2 is 1.67 bits per heavy atom. The van der Waals surface area contributed by atoms with Crippen molar-refractivity contribution in [3.63, 3.8) is 0 Å². The molecule has 3 rings (SSSR count). The number of aryl methyl sites for hydroxylation is 2. The Morgan fingerprint density at radius 1 is 0.963 bits per heavy atom. The highest BCUT2D eigenvalue weighted by Gasteiger charge is 2.20. The van der Waals surface area contributed by atoms with E-state index < -0.39 is 6.10 Å². The molecule has 144 valence electrons. The number of ether oxygens (including phenoxy) is 1. The molecule has 0 saturated heterocycles. The van der Waals surface area contributed by atoms with Crippen LogP contribution in [0.15, 0.2) is 42.5 Å². The van der Waals surface area contributed by atoms with Gasteiger partial charge in [-0.3, -0.25) is 4.79 Å². The smallest absolute Gasteiger partial charge is 0.261 e. The molecule has 1 aliphatic carbocycles. The topological polar surface area (TPSA) is 38.3 Å². The number of hydrogen-bond donors (Lipinski definition) is 1. The van der Waals surface area contributed by atoms with Gasteiger partial charge in [-0.25, -0.2) is 0 Å². The lowest BCUT2D eigenvalue weighted by molar-refractivity contribution is -0.127. The van der Waals surface area contributed by atoms with Crippen molar-refractivity contribution in [2.45, 2.75) is 71.4 Å². The summed E-state index contributed by atoms with van der Waals surface area (Å²) in [7, 11) is 0. The summed E-state index contributed by atoms with van der Waals surface area (Å²) in [5.74, 6) is 1.06. The molecule has 0 radical (unpaired) electrons. The van der Waals surface area contributed by atoms with E-state index in [1.165, 1.54) is 36.0 Å². The molecule has 1 amide bonds. The molecule has 3 heteroatoms. The van der Waals surface area contributed by atoms with Crippen LogP contribution in [0.3, 0.4) is 0 Å². The standard InChI is InChI=1S/C24H31NO2/c1-16(2)22-11-7-8-12-23(22)27-18(4)24(26)25-17(3)20-14-13-19-9-5-6-10-21(19)15-20/h7-8,11-18H,5-6,9-10H2,1-4H3,(H,25,26)/t17-,18+/m1/s1. The minimum absolute atomic E-state index is 0.0314. The van der Waals surface area contributed by atoms with Crippen LogP contribution in [-0.4, -0.2) is 12.0 Å². The van der Waals surface area contributed by atoms with Crippen LogP contribution in [0.1, 0.15) is 74.8 Å². The lowest BCUT2D eigenvalue weighted by Gasteiger charge is -2.22. The van der Waals surface area contributed by atoms with Gasteiger partial charge in [0.05, 0.1) is 6.04 Å². The van der Waals surface area contributed by atoms with Crippen LogP contribution >= 0.6 is 0 Å². The molecule has 0 aromatic heterocycles. The van der Waals surface area contributed by atoms with Gasteiger partial charge in [-0.1, -0.05) is 50.2 Å². The molecule has 0 spiro atoms. The van der Waals surface area contributed by atoms with Crippen LogP contribution in [0, 0.1) is 0 Å². The molecule has 2 aromatic rings. The molecule has 27 heavy (non-hydrogen) atoms. The maximum atomic E-state index is 12.7. The van der Waals surface area contributed by atoms with E-state index in [1.54, 1.807) is 0 Å². The van der Waals surface area contributed by atoms with E-state index in [0.29, 0.717) is 5.92 Å². The number of nitrogens with one attached hydrogen (secondary N) is 1. The highest BCUT2D eigenvalue weighted by molar-refractivity contribution is 5.81. The van der Waals surface area contributed by atoms with E-state index in [9.17, 15) is 4.79 Å². The van der Waals surface area contributed by atoms with Crippen molar-refractivity contribution < 1.29 is 9.53 Å². The van der Waals surface area contributed by atoms with Crippen molar-refractivity contribution in [2.75, 3.05) is 0 Å². The summed E-state index contributed by atoms with van der Waals surface area (Å²) in [6.45, 7) is 8.11. The van der Waals surface area contributed by atoms with E-state index in [4.69, 9.17) is 4.74 Å². The summed E-state index contributed by atoms with van der Waals surface area (Å²) in [6.07, 6.45) is 4.33. The van der Waals surface area contributed by atoms with Crippen LogP contribution in [0.4, 0.5) is 0 Å². The number of benzene rings is 2. The first-order chi connectivity index (χ1) is 13.0. The summed E-state index contributed by atoms with van der Waals surface area (Å²) < 4.78 is 5.98. The maximum Gasteiger partial charge on any atom is 0.261 e. The predicted octanol–water partition coefficient (Wildman–Crippen LogP) is 5.33. The first-order valence-corrected chi connectivity index (χ1v) is 10.1. The Kier molecular flexibility index (Phi) is 6.20. The van der Waals surface area contributed by atoms with Gasteiger partial charge in [0.2, 0.25) is 0 Å². The van der Waals surface area contributed by atoms with E-state index in [-0.39, 0.29) is 11.9 Å². The second-order valence-corrected chi connectivity index (χ2v) is 7.92. The van der Waals surface area contributed by atoms with Crippen molar-refractivity contribution in [1.29, 1.82) is 0 Å². The molecule has 0 heterocycles. The van der Waals surface area contributed by atoms with Crippen molar-refractivity contribution >= 4 is 5.91 Å². The van der Waals surface area contributed by atoms with Gasteiger partial charge >= 0.3 is 0 Å². The number of carbonyl (C=O) groups excluding carboxylic acids is 1. The largest absolute Gasteiger partial charge is 0.481 e. The number of amides is 1. The lowest BCUT2D eigenvalue weighted by Crippen LogP contribution is -2.38. The molecule has 1 N–H and O–H groups in total. The average Bonchev–Trinajstić information content (AvgIpc) is 2.67. The molecule has 2 aromatic carbocycles. The van der Waals surface area contributed by atoms with Crippen LogP contribution < -0.4 is 10.1 Å². The Balaban J connectivity index is 1.64. The molecular weight excluding hydrogens is 334 g/mol. The average molecular weight is 366 g/mol. The van der Waals surface area contributed by atoms with Gasteiger partial charge in [0.15, 0.2) is 6.10 Å². The summed E-state index contributed by atoms with van der Waals surface area (Å²) in [4.78, 5) is 12.7. The summed E-state index contributed by atoms with van der Waals surface area (Å²) in [5, 5.41) is 3.11. The molecule has 2 atom stereocenters. The van der Waals surface area contributed by atoms with Crippen molar-refractivity contribution in [1.82, 2.24) is 5.32 Å². The van der Waals surface area contributed by atoms with Gasteiger partial charge in [-0.15, -0.1) is 0 Å². The summed E-state index contributed by atoms with van der Waals surface area (Å²) in [5.41, 5.74) is 5.19. The predicted molar refractivity (Wildman–Crippen MR) is 110 cm³/mol. The van der Waals surface area contributed by atoms with Gasteiger partial charge in [-0.05, 0) is 73.8 Å². The molecule has 0 saturated carbocycles. The van der Waals surface area contributed by atoms with Crippen LogP contribution in [0.2, 0.25) is 0 Å². The summed E-state index contributed by atoms with van der Waals surface area (Å²) >= 11 is 0. The first-order valence-electron chi connectivity index (χ1n) is 10.1. The lowest BCUT2D eigenvalue weighted by atomic mass is 9.89. The van der Waals surface area contributed by atoms with Crippen molar-refractivity contribution in [2.24, 2.45) is 0 Å². The number of carbonyl (C=O) groups is 1. The van der Waals surface area contributed by atoms with Crippen LogP contribution in [0.25, 0.3) is 0 Å². The molecule has 0 bridgehead atoms. The Morgan fingerprint density at radius 3 is 2.41 bits per heavy atom. The highest BCUT2D eigenvalue weighted by Crippen LogP contribution is 2.27. The summed E-state index contributed by atoms with van der Waals surface area (Å²) in [6, 6.07) is 14.6. The van der Waals surface area contributed by atoms with Crippen LogP contribution in [0.5, 0.6) is 5.75 Å². The first kappa shape index (κ1) is 19.5. The van der Waals surface area contributed by atoms with Gasteiger partial charge in [0.1, 0.15) is 5.75 Å². The number of rotatable bonds is 6. The van der Waals surface area contributed by atoms with Crippen molar-refractivity contribution in [3.05, 3.63) is 64.7 Å². The van der Waals surface area contributed by atoms with E-state index in [2.05, 4.69) is 43.4 Å². The van der Waals surface area contributed by atoms with Gasteiger partial charge in [0, 0.05) is 0 Å². The Hall–Kier alpha value is -2.29. The highest BCUT2D eigenvalue weighted by atomic mass is 16.5. The van der Waals surface area contributed by atoms with E-state index >= 15 is 0 Å². The molecule has 0 unspecified atom stereocenters. The molecule has 0 aliphatic heterocycles. The fraction of sp³-hybridized carbons (Fsp3) is 0.458. The fourth-order valence-electron chi connectivity index (χ4n) is 3.75. The van der Waals surface area contributed by atoms with Crippen LogP contribution in [-0.2, 0) is 17.6 Å². The molecule has 1 aliphatic rings. The number of fused-ring (bicyclic) bond motifs is 1. The zero-order valence-corrected chi connectivity index (χ0v) is 16.9. The van der Waals surface area contributed by atoms with Crippen molar-refractivity contribution in [3.8, 4) is 5.75 Å². The van der Waals surface area contributed by atoms with Gasteiger partial charge < -0.3 is 10.1 Å². The zero-order valence-electron chi connectivity index (χ0n) is 16.9. The third-order valence-corrected chi connectivity index (χ3v) is 5.45. The quantitative estimate of drug-likeness (QED) is 0.751. The molecular formula is C24H31NO2. The van der Waals surface area contributed by atoms with E-state index in [0.717, 1.165) is 17.7 Å². The number of hydrogen-bond acceptors (Lipinski definition) is 2. The number of para-hydroxylation sites is 1. The SMILES string of the molecule is CC(C)c1ccccc1O[C@@H](C)C(=O)N[C@H](C)c1ccc2c(c1)CCCC2. The van der Waals surface area contributed by atoms with Gasteiger partial charge in [0.25, 0.3) is 5.91 Å². The minimum Gasteiger partial charge on any atom is -0.481 e. The minimum atomic E-state index is -0.537. The van der Waals surface area contributed by atoms with Gasteiger partial charge in [-0.2, -0.15) is 0 Å². The maximum absolute atomic E-state index is 12.7. The normalized spacial score (nSPS) is 15.7.